The SMILES string of the molecule is CC1(C)OC(=O)C(=CNc2ccccc2-n2nc(C(F)(F)F)c3c2CCCC3)C(=O)O1. The highest BCUT2D eigenvalue weighted by atomic mass is 19.4. The van der Waals surface area contributed by atoms with Crippen LogP contribution in [0.2, 0.25) is 0 Å². The second kappa shape index (κ2) is 7.44. The third kappa shape index (κ3) is 4.01. The summed E-state index contributed by atoms with van der Waals surface area (Å²) < 4.78 is 52.0. The number of ether oxygens (including phenoxy) is 2. The van der Waals surface area contributed by atoms with Crippen LogP contribution in [0.15, 0.2) is 36.0 Å². The van der Waals surface area contributed by atoms with Crippen LogP contribution in [-0.2, 0) is 38.1 Å². The molecule has 0 amide bonds. The van der Waals surface area contributed by atoms with Gasteiger partial charge in [0.15, 0.2) is 11.3 Å². The zero-order valence-electron chi connectivity index (χ0n) is 16.9. The first-order valence-electron chi connectivity index (χ1n) is 9.77. The van der Waals surface area contributed by atoms with Crippen LogP contribution in [0.3, 0.4) is 0 Å². The number of halogens is 3. The van der Waals surface area contributed by atoms with Gasteiger partial charge in [-0.3, -0.25) is 0 Å². The van der Waals surface area contributed by atoms with Crippen LogP contribution in [0.1, 0.15) is 43.6 Å². The fraction of sp³-hybridized carbons (Fsp3) is 0.381. The number of aromatic nitrogens is 2. The number of nitrogens with one attached hydrogen (secondary N) is 1. The molecule has 0 atom stereocenters. The lowest BCUT2D eigenvalue weighted by atomic mass is 9.95. The molecule has 1 aromatic carbocycles. The highest BCUT2D eigenvalue weighted by Gasteiger charge is 2.40. The lowest BCUT2D eigenvalue weighted by Crippen LogP contribution is -2.42. The molecule has 0 spiro atoms. The normalized spacial score (nSPS) is 18.2. The molecule has 0 saturated carbocycles. The number of carbonyl (C=O) groups excluding carboxylic acids is 2. The first kappa shape index (κ1) is 21.0. The summed E-state index contributed by atoms with van der Waals surface area (Å²) in [5.41, 5.74) is 0.229. The Kier molecular flexibility index (Phi) is 5.03. The van der Waals surface area contributed by atoms with Gasteiger partial charge in [-0.2, -0.15) is 18.3 Å². The number of para-hydroxylation sites is 2. The third-order valence-electron chi connectivity index (χ3n) is 5.07. The molecule has 1 aliphatic heterocycles. The van der Waals surface area contributed by atoms with Crippen LogP contribution in [0.5, 0.6) is 0 Å². The molecule has 1 N–H and O–H groups in total. The maximum Gasteiger partial charge on any atom is 0.435 e. The van der Waals surface area contributed by atoms with Crippen molar-refractivity contribution in [2.75, 3.05) is 5.32 Å². The molecular weight excluding hydrogens is 415 g/mol. The molecule has 2 aliphatic rings. The van der Waals surface area contributed by atoms with E-state index in [1.165, 1.54) is 18.5 Å². The van der Waals surface area contributed by atoms with E-state index in [9.17, 15) is 22.8 Å². The van der Waals surface area contributed by atoms with E-state index in [1.54, 1.807) is 24.3 Å². The molecule has 7 nitrogen and oxygen atoms in total. The molecular formula is C21H20F3N3O4. The minimum Gasteiger partial charge on any atom is -0.419 e. The van der Waals surface area contributed by atoms with Gasteiger partial charge in [-0.25, -0.2) is 14.3 Å². The molecule has 4 rings (SSSR count). The number of esters is 2. The van der Waals surface area contributed by atoms with Crippen molar-refractivity contribution in [2.24, 2.45) is 0 Å². The zero-order valence-corrected chi connectivity index (χ0v) is 16.9. The maximum absolute atomic E-state index is 13.5. The van der Waals surface area contributed by atoms with Gasteiger partial charge in [0.2, 0.25) is 0 Å². The zero-order chi connectivity index (χ0) is 22.4. The Morgan fingerprint density at radius 3 is 2.42 bits per heavy atom. The monoisotopic (exact) mass is 435 g/mol. The predicted octanol–water partition coefficient (Wildman–Crippen LogP) is 3.90. The first-order valence-corrected chi connectivity index (χ1v) is 9.77. The third-order valence-corrected chi connectivity index (χ3v) is 5.07. The molecule has 2 aromatic rings. The lowest BCUT2D eigenvalue weighted by Gasteiger charge is -2.29. The Hall–Kier alpha value is -3.30. The van der Waals surface area contributed by atoms with Gasteiger partial charge in [-0.15, -0.1) is 0 Å². The number of alkyl halides is 3. The summed E-state index contributed by atoms with van der Waals surface area (Å²) in [4.78, 5) is 24.3. The maximum atomic E-state index is 13.5. The lowest BCUT2D eigenvalue weighted by molar-refractivity contribution is -0.222. The summed E-state index contributed by atoms with van der Waals surface area (Å²) >= 11 is 0. The Bertz CT molecular complexity index is 1060. The smallest absolute Gasteiger partial charge is 0.419 e. The Morgan fingerprint density at radius 2 is 1.74 bits per heavy atom. The van der Waals surface area contributed by atoms with Crippen molar-refractivity contribution in [3.63, 3.8) is 0 Å². The molecule has 0 bridgehead atoms. The second-order valence-electron chi connectivity index (χ2n) is 7.79. The average molecular weight is 435 g/mol. The van der Waals surface area contributed by atoms with Crippen LogP contribution in [0, 0.1) is 0 Å². The summed E-state index contributed by atoms with van der Waals surface area (Å²) in [6, 6.07) is 6.57. The number of anilines is 1. The molecule has 164 valence electrons. The summed E-state index contributed by atoms with van der Waals surface area (Å²) in [6.45, 7) is 2.86. The van der Waals surface area contributed by atoms with Crippen molar-refractivity contribution < 1.29 is 32.2 Å². The summed E-state index contributed by atoms with van der Waals surface area (Å²) in [7, 11) is 0. The van der Waals surface area contributed by atoms with E-state index in [-0.39, 0.29) is 11.1 Å². The van der Waals surface area contributed by atoms with Gasteiger partial charge in [-0.1, -0.05) is 12.1 Å². The minimum atomic E-state index is -4.56. The predicted molar refractivity (Wildman–Crippen MR) is 103 cm³/mol. The van der Waals surface area contributed by atoms with Gasteiger partial charge in [0, 0.05) is 31.3 Å². The Balaban J connectivity index is 1.72. The quantitative estimate of drug-likeness (QED) is 0.447. The Labute approximate surface area is 175 Å². The standard InChI is InChI=1S/C21H20F3N3O4/c1-20(2)30-18(28)13(19(29)31-20)11-25-14-8-4-6-10-16(14)27-15-9-5-3-7-12(15)17(26-27)21(22,23)24/h4,6,8,10-11,25H,3,5,7,9H2,1-2H3. The number of nitrogens with zero attached hydrogens (tertiary/aromatic N) is 2. The van der Waals surface area contributed by atoms with E-state index >= 15 is 0 Å². The fourth-order valence-electron chi connectivity index (χ4n) is 3.73. The molecule has 31 heavy (non-hydrogen) atoms. The number of rotatable bonds is 3. The second-order valence-corrected chi connectivity index (χ2v) is 7.79. The van der Waals surface area contributed by atoms with Gasteiger partial charge in [0.1, 0.15) is 0 Å². The Morgan fingerprint density at radius 1 is 1.10 bits per heavy atom. The van der Waals surface area contributed by atoms with E-state index in [2.05, 4.69) is 10.4 Å². The van der Waals surface area contributed by atoms with E-state index in [1.807, 2.05) is 0 Å². The molecule has 1 saturated heterocycles. The van der Waals surface area contributed by atoms with Gasteiger partial charge in [0.05, 0.1) is 11.4 Å². The van der Waals surface area contributed by atoms with Crippen molar-refractivity contribution in [3.05, 3.63) is 53.0 Å². The van der Waals surface area contributed by atoms with Crippen LogP contribution in [-0.4, -0.2) is 27.5 Å². The average Bonchev–Trinajstić information content (AvgIpc) is 3.07. The molecule has 1 fully saturated rings. The minimum absolute atomic E-state index is 0.216. The molecule has 1 aromatic heterocycles. The molecule has 2 heterocycles. The van der Waals surface area contributed by atoms with Gasteiger partial charge in [-0.05, 0) is 37.8 Å². The van der Waals surface area contributed by atoms with E-state index in [0.717, 1.165) is 12.6 Å². The van der Waals surface area contributed by atoms with E-state index in [4.69, 9.17) is 9.47 Å². The van der Waals surface area contributed by atoms with Gasteiger partial charge < -0.3 is 14.8 Å². The van der Waals surface area contributed by atoms with Crippen LogP contribution in [0.4, 0.5) is 18.9 Å². The van der Waals surface area contributed by atoms with Crippen LogP contribution >= 0.6 is 0 Å². The number of fused-ring (bicyclic) bond motifs is 1. The summed E-state index contributed by atoms with van der Waals surface area (Å²) in [6.07, 6.45) is -1.20. The van der Waals surface area contributed by atoms with Crippen LogP contribution < -0.4 is 5.32 Å². The highest BCUT2D eigenvalue weighted by Crippen LogP contribution is 2.37. The number of carbonyl (C=O) groups is 2. The summed E-state index contributed by atoms with van der Waals surface area (Å²) in [5.74, 6) is -3.09. The van der Waals surface area contributed by atoms with Crippen molar-refractivity contribution in [1.29, 1.82) is 0 Å². The van der Waals surface area contributed by atoms with Gasteiger partial charge >= 0.3 is 18.1 Å². The number of hydrogen-bond acceptors (Lipinski definition) is 6. The molecule has 1 aliphatic carbocycles. The topological polar surface area (TPSA) is 82.5 Å². The molecule has 0 unspecified atom stereocenters. The van der Waals surface area contributed by atoms with Crippen molar-refractivity contribution in [1.82, 2.24) is 9.78 Å². The van der Waals surface area contributed by atoms with Gasteiger partial charge in [0.25, 0.3) is 5.79 Å². The number of cyclic esters (lactones) is 2. The fourth-order valence-corrected chi connectivity index (χ4v) is 3.73. The molecule has 10 heteroatoms. The largest absolute Gasteiger partial charge is 0.435 e. The van der Waals surface area contributed by atoms with E-state index < -0.39 is 29.6 Å². The first-order chi connectivity index (χ1) is 14.6. The van der Waals surface area contributed by atoms with E-state index in [0.29, 0.717) is 36.3 Å². The number of hydrogen-bond donors (Lipinski definition) is 1. The van der Waals surface area contributed by atoms with Crippen molar-refractivity contribution in [2.45, 2.75) is 51.5 Å². The highest BCUT2D eigenvalue weighted by molar-refractivity contribution is 6.15. The molecule has 0 radical (unpaired) electrons. The summed E-state index contributed by atoms with van der Waals surface area (Å²) in [5, 5.41) is 6.70. The van der Waals surface area contributed by atoms with Crippen molar-refractivity contribution in [3.8, 4) is 5.69 Å². The van der Waals surface area contributed by atoms with Crippen molar-refractivity contribution >= 4 is 17.6 Å². The van der Waals surface area contributed by atoms with Crippen LogP contribution in [0.25, 0.3) is 5.69 Å². The number of benzene rings is 1.